The van der Waals surface area contributed by atoms with Gasteiger partial charge in [-0.15, -0.1) is 0 Å². The van der Waals surface area contributed by atoms with E-state index in [1.165, 1.54) is 0 Å². The molecular formula is C32H29N3O4. The van der Waals surface area contributed by atoms with Crippen molar-refractivity contribution in [2.75, 3.05) is 19.5 Å². The molecule has 2 aromatic heterocycles. The first-order valence-corrected chi connectivity index (χ1v) is 12.7. The number of imidazole rings is 1. The molecule has 0 radical (unpaired) electrons. The number of benzene rings is 3. The van der Waals surface area contributed by atoms with Crippen LogP contribution in [0.15, 0.2) is 91.1 Å². The highest BCUT2D eigenvalue weighted by Crippen LogP contribution is 2.31. The molecule has 5 aromatic rings. The van der Waals surface area contributed by atoms with E-state index >= 15 is 0 Å². The first-order chi connectivity index (χ1) is 19.0. The van der Waals surface area contributed by atoms with Gasteiger partial charge in [0.15, 0.2) is 17.3 Å². The van der Waals surface area contributed by atoms with Crippen LogP contribution in [0, 0.1) is 0 Å². The summed E-state index contributed by atoms with van der Waals surface area (Å²) in [6, 6.07) is 26.8. The second kappa shape index (κ2) is 11.2. The zero-order chi connectivity index (χ0) is 27.4. The molecule has 196 valence electrons. The van der Waals surface area contributed by atoms with Crippen molar-refractivity contribution in [3.63, 3.8) is 0 Å². The highest BCUT2D eigenvalue weighted by molar-refractivity contribution is 5.94. The number of anilines is 1. The Labute approximate surface area is 227 Å². The lowest BCUT2D eigenvalue weighted by molar-refractivity contribution is -0.116. The highest BCUT2D eigenvalue weighted by Gasteiger charge is 2.17. The van der Waals surface area contributed by atoms with Crippen LogP contribution in [-0.4, -0.2) is 35.3 Å². The van der Waals surface area contributed by atoms with E-state index in [0.29, 0.717) is 29.2 Å². The Hall–Kier alpha value is -4.91. The van der Waals surface area contributed by atoms with E-state index in [4.69, 9.17) is 14.5 Å². The summed E-state index contributed by atoms with van der Waals surface area (Å²) in [6.07, 6.45) is 2.79. The van der Waals surface area contributed by atoms with Gasteiger partial charge in [-0.05, 0) is 48.7 Å². The van der Waals surface area contributed by atoms with Crippen LogP contribution < -0.4 is 14.8 Å². The average Bonchev–Trinajstić information content (AvgIpc) is 3.34. The fraction of sp³-hybridized carbons (Fsp3) is 0.156. The summed E-state index contributed by atoms with van der Waals surface area (Å²) < 4.78 is 12.7. The van der Waals surface area contributed by atoms with Crippen LogP contribution >= 0.6 is 0 Å². The number of rotatable bonds is 9. The number of aromatic nitrogens is 2. The van der Waals surface area contributed by atoms with Crippen molar-refractivity contribution in [2.24, 2.45) is 0 Å². The minimum atomic E-state index is -0.118. The molecule has 0 fully saturated rings. The minimum absolute atomic E-state index is 0.0350. The fourth-order valence-electron chi connectivity index (χ4n) is 4.60. The zero-order valence-corrected chi connectivity index (χ0v) is 22.1. The van der Waals surface area contributed by atoms with Crippen molar-refractivity contribution in [2.45, 2.75) is 19.8 Å². The Morgan fingerprint density at radius 1 is 0.821 bits per heavy atom. The maximum absolute atomic E-state index is 13.0. The summed E-state index contributed by atoms with van der Waals surface area (Å²) in [7, 11) is 3.13. The fourth-order valence-corrected chi connectivity index (χ4v) is 4.60. The molecule has 0 saturated heterocycles. The van der Waals surface area contributed by atoms with Gasteiger partial charge in [0.25, 0.3) is 0 Å². The Kier molecular flexibility index (Phi) is 7.41. The second-order valence-electron chi connectivity index (χ2n) is 9.17. The molecule has 0 atom stereocenters. The molecule has 3 aromatic carbocycles. The lowest BCUT2D eigenvalue weighted by Crippen LogP contribution is -2.13. The number of ketones is 1. The van der Waals surface area contributed by atoms with Crippen LogP contribution in [0.5, 0.6) is 11.5 Å². The van der Waals surface area contributed by atoms with Crippen molar-refractivity contribution in [1.82, 2.24) is 9.38 Å². The topological polar surface area (TPSA) is 81.9 Å². The number of Topliss-reactive ketones (excluding diaryl/α,β-unsaturated/α-hetero) is 1. The molecule has 0 bridgehead atoms. The van der Waals surface area contributed by atoms with E-state index in [0.717, 1.165) is 33.7 Å². The van der Waals surface area contributed by atoms with Gasteiger partial charge in [-0.25, -0.2) is 4.98 Å². The summed E-state index contributed by atoms with van der Waals surface area (Å²) >= 11 is 0. The van der Waals surface area contributed by atoms with Crippen molar-refractivity contribution in [3.8, 4) is 33.9 Å². The Morgan fingerprint density at radius 2 is 1.54 bits per heavy atom. The number of aryl methyl sites for hydroxylation is 1. The third kappa shape index (κ3) is 5.52. The average molecular weight is 520 g/mol. The number of pyridine rings is 1. The van der Waals surface area contributed by atoms with Crippen LogP contribution in [0.4, 0.5) is 5.69 Å². The van der Waals surface area contributed by atoms with Crippen LogP contribution in [0.25, 0.3) is 28.0 Å². The van der Waals surface area contributed by atoms with Gasteiger partial charge in [0.2, 0.25) is 5.91 Å². The quantitative estimate of drug-likeness (QED) is 0.226. The van der Waals surface area contributed by atoms with E-state index < -0.39 is 0 Å². The molecule has 0 saturated carbocycles. The predicted octanol–water partition coefficient (Wildman–Crippen LogP) is 6.46. The molecule has 2 heterocycles. The Bertz CT molecular complexity index is 1640. The number of ether oxygens (including phenoxy) is 2. The maximum Gasteiger partial charge on any atom is 0.224 e. The van der Waals surface area contributed by atoms with E-state index in [2.05, 4.69) is 9.72 Å². The summed E-state index contributed by atoms with van der Waals surface area (Å²) in [5, 5.41) is 2.96. The number of nitrogens with one attached hydrogen (secondary N) is 1. The number of nitrogens with zero attached hydrogens (tertiary/aromatic N) is 2. The Morgan fingerprint density at radius 3 is 2.23 bits per heavy atom. The highest BCUT2D eigenvalue weighted by atomic mass is 16.5. The number of hydrogen-bond acceptors (Lipinski definition) is 5. The third-order valence-corrected chi connectivity index (χ3v) is 6.65. The van der Waals surface area contributed by atoms with Gasteiger partial charge in [0, 0.05) is 35.5 Å². The van der Waals surface area contributed by atoms with E-state index in [1.54, 1.807) is 39.3 Å². The Balaban J connectivity index is 1.45. The molecule has 1 amide bonds. The number of carbonyl (C=O) groups excluding carboxylic acids is 2. The summed E-state index contributed by atoms with van der Waals surface area (Å²) in [4.78, 5) is 29.6. The van der Waals surface area contributed by atoms with E-state index in [1.807, 2.05) is 72.9 Å². The van der Waals surface area contributed by atoms with Crippen molar-refractivity contribution in [3.05, 3.63) is 102 Å². The van der Waals surface area contributed by atoms with E-state index in [9.17, 15) is 9.59 Å². The molecule has 0 spiro atoms. The lowest BCUT2D eigenvalue weighted by Gasteiger charge is -2.11. The monoisotopic (exact) mass is 519 g/mol. The SMILES string of the molecule is COc1ccc(NC(=O)CCc2c(-c3ccccc3)nc3ccc(-c4ccc(C(C)=O)cc4)cn23)cc1OC. The predicted molar refractivity (Wildman–Crippen MR) is 153 cm³/mol. The number of amides is 1. The van der Waals surface area contributed by atoms with Crippen LogP contribution in [-0.2, 0) is 11.2 Å². The minimum Gasteiger partial charge on any atom is -0.493 e. The molecule has 0 unspecified atom stereocenters. The molecule has 39 heavy (non-hydrogen) atoms. The molecule has 5 rings (SSSR count). The van der Waals surface area contributed by atoms with Crippen LogP contribution in [0.3, 0.4) is 0 Å². The molecule has 0 aliphatic carbocycles. The number of hydrogen-bond donors (Lipinski definition) is 1. The standard InChI is InChI=1S/C32H29N3O4/c1-21(36)22-9-11-23(12-10-22)25-13-17-30-34-32(24-7-5-4-6-8-24)27(35(30)20-25)15-18-31(37)33-26-14-16-28(38-2)29(19-26)39-3/h4-14,16-17,19-20H,15,18H2,1-3H3,(H,33,37). The van der Waals surface area contributed by atoms with Gasteiger partial charge in [-0.3, -0.25) is 9.59 Å². The third-order valence-electron chi connectivity index (χ3n) is 6.65. The maximum atomic E-state index is 13.0. The largest absolute Gasteiger partial charge is 0.493 e. The van der Waals surface area contributed by atoms with Crippen molar-refractivity contribution < 1.29 is 19.1 Å². The summed E-state index contributed by atoms with van der Waals surface area (Å²) in [6.45, 7) is 1.56. The molecule has 0 aliphatic rings. The molecule has 1 N–H and O–H groups in total. The molecule has 0 aliphatic heterocycles. The number of fused-ring (bicyclic) bond motifs is 1. The van der Waals surface area contributed by atoms with Gasteiger partial charge >= 0.3 is 0 Å². The first-order valence-electron chi connectivity index (χ1n) is 12.7. The van der Waals surface area contributed by atoms with Gasteiger partial charge < -0.3 is 19.2 Å². The van der Waals surface area contributed by atoms with Crippen molar-refractivity contribution >= 4 is 23.0 Å². The zero-order valence-electron chi connectivity index (χ0n) is 22.1. The van der Waals surface area contributed by atoms with E-state index in [-0.39, 0.29) is 18.1 Å². The summed E-state index contributed by atoms with van der Waals surface area (Å²) in [5.74, 6) is 1.06. The van der Waals surface area contributed by atoms with Crippen LogP contribution in [0.1, 0.15) is 29.4 Å². The van der Waals surface area contributed by atoms with Gasteiger partial charge in [0.05, 0.1) is 25.6 Å². The molecule has 7 heteroatoms. The summed E-state index contributed by atoms with van der Waals surface area (Å²) in [5.41, 5.74) is 6.88. The van der Waals surface area contributed by atoms with Crippen LogP contribution in [0.2, 0.25) is 0 Å². The second-order valence-corrected chi connectivity index (χ2v) is 9.17. The smallest absolute Gasteiger partial charge is 0.224 e. The number of methoxy groups -OCH3 is 2. The van der Waals surface area contributed by atoms with Gasteiger partial charge in [-0.2, -0.15) is 0 Å². The van der Waals surface area contributed by atoms with Gasteiger partial charge in [0.1, 0.15) is 5.65 Å². The first kappa shape index (κ1) is 25.7. The molecular weight excluding hydrogens is 490 g/mol. The van der Waals surface area contributed by atoms with Crippen molar-refractivity contribution in [1.29, 1.82) is 0 Å². The van der Waals surface area contributed by atoms with Gasteiger partial charge in [-0.1, -0.05) is 54.6 Å². The number of carbonyl (C=O) groups is 2. The normalized spacial score (nSPS) is 10.8. The molecule has 7 nitrogen and oxygen atoms in total. The lowest BCUT2D eigenvalue weighted by atomic mass is 10.0.